The molecule has 18 heavy (non-hydrogen) atoms. The first kappa shape index (κ1) is 13.6. The molecular formula is C11H9F2NO4. The Balaban J connectivity index is 2.67. The average molecular weight is 257 g/mol. The Hall–Kier alpha value is -2.44. The van der Waals surface area contributed by atoms with Crippen LogP contribution in [0, 0.1) is 0 Å². The highest BCUT2D eigenvalue weighted by Crippen LogP contribution is 2.19. The van der Waals surface area contributed by atoms with Gasteiger partial charge in [0.05, 0.1) is 0 Å². The molecular weight excluding hydrogens is 248 g/mol. The van der Waals surface area contributed by atoms with Crippen LogP contribution < -0.4 is 10.1 Å². The number of nitrogens with one attached hydrogen (secondary N) is 1. The lowest BCUT2D eigenvalue weighted by Gasteiger charge is -2.06. The molecule has 1 aromatic rings. The van der Waals surface area contributed by atoms with Crippen molar-refractivity contribution in [2.45, 2.75) is 6.61 Å². The lowest BCUT2D eigenvalue weighted by molar-refractivity contribution is -0.131. The third-order valence-electron chi connectivity index (χ3n) is 1.70. The number of amides is 1. The number of ether oxygens (including phenoxy) is 1. The van der Waals surface area contributed by atoms with Crippen molar-refractivity contribution in [1.29, 1.82) is 0 Å². The summed E-state index contributed by atoms with van der Waals surface area (Å²) in [5, 5.41) is 10.6. The van der Waals surface area contributed by atoms with Crippen LogP contribution in [-0.2, 0) is 9.59 Å². The van der Waals surface area contributed by atoms with Crippen LogP contribution in [0.25, 0.3) is 0 Å². The van der Waals surface area contributed by atoms with Crippen molar-refractivity contribution < 1.29 is 28.2 Å². The first-order chi connectivity index (χ1) is 8.47. The first-order valence-electron chi connectivity index (χ1n) is 4.74. The van der Waals surface area contributed by atoms with Gasteiger partial charge in [0.25, 0.3) is 0 Å². The zero-order chi connectivity index (χ0) is 13.5. The molecule has 0 aliphatic heterocycles. The summed E-state index contributed by atoms with van der Waals surface area (Å²) in [6, 6.07) is 5.35. The van der Waals surface area contributed by atoms with Crippen LogP contribution in [0.2, 0.25) is 0 Å². The van der Waals surface area contributed by atoms with Gasteiger partial charge in [-0.05, 0) is 12.1 Å². The molecule has 0 aromatic heterocycles. The Labute approximate surface area is 101 Å². The van der Waals surface area contributed by atoms with E-state index in [4.69, 9.17) is 5.11 Å². The number of halogens is 2. The topological polar surface area (TPSA) is 75.6 Å². The largest absolute Gasteiger partial charge is 0.478 e. The molecule has 0 aliphatic rings. The van der Waals surface area contributed by atoms with Gasteiger partial charge in [-0.2, -0.15) is 8.78 Å². The molecule has 1 amide bonds. The Morgan fingerprint density at radius 3 is 2.67 bits per heavy atom. The molecule has 7 heteroatoms. The van der Waals surface area contributed by atoms with Crippen molar-refractivity contribution in [3.63, 3.8) is 0 Å². The number of carbonyl (C=O) groups excluding carboxylic acids is 1. The maximum atomic E-state index is 11.9. The van der Waals surface area contributed by atoms with Crippen LogP contribution in [0.1, 0.15) is 0 Å². The lowest BCUT2D eigenvalue weighted by atomic mass is 10.3. The van der Waals surface area contributed by atoms with Gasteiger partial charge in [0.2, 0.25) is 5.91 Å². The van der Waals surface area contributed by atoms with Crippen molar-refractivity contribution >= 4 is 17.6 Å². The highest BCUT2D eigenvalue weighted by Gasteiger charge is 2.05. The minimum atomic E-state index is -2.96. The van der Waals surface area contributed by atoms with E-state index < -0.39 is 18.5 Å². The van der Waals surface area contributed by atoms with Gasteiger partial charge in [0, 0.05) is 23.9 Å². The molecule has 0 aliphatic carbocycles. The van der Waals surface area contributed by atoms with E-state index in [1.54, 1.807) is 0 Å². The highest BCUT2D eigenvalue weighted by molar-refractivity contribution is 6.02. The van der Waals surface area contributed by atoms with Crippen LogP contribution in [0.15, 0.2) is 36.4 Å². The number of carboxylic acids is 1. The third-order valence-corrected chi connectivity index (χ3v) is 1.70. The van der Waals surface area contributed by atoms with Gasteiger partial charge in [0.15, 0.2) is 0 Å². The summed E-state index contributed by atoms with van der Waals surface area (Å²) >= 11 is 0. The summed E-state index contributed by atoms with van der Waals surface area (Å²) in [6.45, 7) is -2.96. The van der Waals surface area contributed by atoms with Gasteiger partial charge < -0.3 is 15.2 Å². The second-order valence-electron chi connectivity index (χ2n) is 3.07. The van der Waals surface area contributed by atoms with Crippen LogP contribution in [0.5, 0.6) is 5.75 Å². The Kier molecular flexibility index (Phi) is 4.79. The zero-order valence-electron chi connectivity index (χ0n) is 8.97. The fourth-order valence-electron chi connectivity index (χ4n) is 1.08. The van der Waals surface area contributed by atoms with E-state index in [2.05, 4.69) is 10.1 Å². The van der Waals surface area contributed by atoms with E-state index in [1.807, 2.05) is 0 Å². The van der Waals surface area contributed by atoms with E-state index in [9.17, 15) is 18.4 Å². The Morgan fingerprint density at radius 2 is 2.06 bits per heavy atom. The van der Waals surface area contributed by atoms with Gasteiger partial charge >= 0.3 is 12.6 Å². The van der Waals surface area contributed by atoms with Gasteiger partial charge in [-0.25, -0.2) is 4.79 Å². The predicted octanol–water partition coefficient (Wildman–Crippen LogP) is 1.87. The van der Waals surface area contributed by atoms with Gasteiger partial charge in [-0.15, -0.1) is 0 Å². The maximum absolute atomic E-state index is 11.9. The third kappa shape index (κ3) is 5.06. The molecule has 0 spiro atoms. The number of alkyl halides is 2. The summed E-state index contributed by atoms with van der Waals surface area (Å²) in [6.07, 6.45) is 1.47. The second kappa shape index (κ2) is 6.33. The minimum Gasteiger partial charge on any atom is -0.478 e. The Bertz CT molecular complexity index is 474. The number of hydrogen-bond acceptors (Lipinski definition) is 3. The van der Waals surface area contributed by atoms with Crippen LogP contribution >= 0.6 is 0 Å². The SMILES string of the molecule is O=C(O)/C=C\C(=O)Nc1cccc(OC(F)F)c1. The number of aliphatic carboxylic acids is 1. The maximum Gasteiger partial charge on any atom is 0.387 e. The Morgan fingerprint density at radius 1 is 1.33 bits per heavy atom. The number of anilines is 1. The number of rotatable bonds is 5. The fourth-order valence-corrected chi connectivity index (χ4v) is 1.08. The normalized spacial score (nSPS) is 10.6. The molecule has 0 fully saturated rings. The molecule has 0 unspecified atom stereocenters. The molecule has 96 valence electrons. The molecule has 0 saturated carbocycles. The van der Waals surface area contributed by atoms with Gasteiger partial charge in [-0.3, -0.25) is 4.79 Å². The van der Waals surface area contributed by atoms with Crippen molar-refractivity contribution in [3.05, 3.63) is 36.4 Å². The molecule has 0 heterocycles. The highest BCUT2D eigenvalue weighted by atomic mass is 19.3. The second-order valence-corrected chi connectivity index (χ2v) is 3.07. The average Bonchev–Trinajstić information content (AvgIpc) is 2.26. The van der Waals surface area contributed by atoms with E-state index >= 15 is 0 Å². The van der Waals surface area contributed by atoms with E-state index in [-0.39, 0.29) is 11.4 Å². The predicted molar refractivity (Wildman–Crippen MR) is 58.5 cm³/mol. The van der Waals surface area contributed by atoms with Crippen molar-refractivity contribution in [2.75, 3.05) is 5.32 Å². The summed E-state index contributed by atoms with van der Waals surface area (Å²) in [7, 11) is 0. The summed E-state index contributed by atoms with van der Waals surface area (Å²) in [4.78, 5) is 21.4. The summed E-state index contributed by atoms with van der Waals surface area (Å²) < 4.78 is 28.0. The minimum absolute atomic E-state index is 0.106. The monoisotopic (exact) mass is 257 g/mol. The summed E-state index contributed by atoms with van der Waals surface area (Å²) in [5.41, 5.74) is 0.216. The molecule has 5 nitrogen and oxygen atoms in total. The smallest absolute Gasteiger partial charge is 0.387 e. The number of carboxylic acid groups (broad SMARTS) is 1. The van der Waals surface area contributed by atoms with E-state index in [1.165, 1.54) is 24.3 Å². The van der Waals surface area contributed by atoms with Crippen LogP contribution in [0.3, 0.4) is 0 Å². The van der Waals surface area contributed by atoms with Crippen molar-refractivity contribution in [2.24, 2.45) is 0 Å². The van der Waals surface area contributed by atoms with Gasteiger partial charge in [0.1, 0.15) is 5.75 Å². The molecule has 1 rings (SSSR count). The van der Waals surface area contributed by atoms with Crippen molar-refractivity contribution in [1.82, 2.24) is 0 Å². The number of benzene rings is 1. The summed E-state index contributed by atoms with van der Waals surface area (Å²) in [5.74, 6) is -2.06. The van der Waals surface area contributed by atoms with Crippen LogP contribution in [0.4, 0.5) is 14.5 Å². The van der Waals surface area contributed by atoms with Crippen LogP contribution in [-0.4, -0.2) is 23.6 Å². The fraction of sp³-hybridized carbons (Fsp3) is 0.0909. The van der Waals surface area contributed by atoms with Crippen molar-refractivity contribution in [3.8, 4) is 5.75 Å². The molecule has 0 radical (unpaired) electrons. The standard InChI is InChI=1S/C11H9F2NO4/c12-11(13)18-8-3-1-2-7(6-8)14-9(15)4-5-10(16)17/h1-6,11H,(H,14,15)(H,16,17)/b5-4-. The van der Waals surface area contributed by atoms with E-state index in [0.717, 1.165) is 6.08 Å². The molecule has 0 atom stereocenters. The van der Waals surface area contributed by atoms with E-state index in [0.29, 0.717) is 6.08 Å². The lowest BCUT2D eigenvalue weighted by Crippen LogP contribution is -2.09. The first-order valence-corrected chi connectivity index (χ1v) is 4.74. The molecule has 1 aromatic carbocycles. The zero-order valence-corrected chi connectivity index (χ0v) is 8.97. The number of hydrogen-bond donors (Lipinski definition) is 2. The molecule has 0 bridgehead atoms. The quantitative estimate of drug-likeness (QED) is 0.789. The molecule has 2 N–H and O–H groups in total. The van der Waals surface area contributed by atoms with Gasteiger partial charge in [-0.1, -0.05) is 6.07 Å². The number of carbonyl (C=O) groups is 2. The molecule has 0 saturated heterocycles.